The van der Waals surface area contributed by atoms with Crippen LogP contribution in [0.5, 0.6) is 0 Å². The highest BCUT2D eigenvalue weighted by Gasteiger charge is 2.07. The maximum atomic E-state index is 3.09. The highest BCUT2D eigenvalue weighted by molar-refractivity contribution is 5.95. The van der Waals surface area contributed by atoms with Crippen LogP contribution in [0.4, 0.5) is 0 Å². The van der Waals surface area contributed by atoms with Crippen LogP contribution in [-0.4, -0.2) is 9.55 Å². The van der Waals surface area contributed by atoms with Gasteiger partial charge >= 0.3 is 0 Å². The van der Waals surface area contributed by atoms with E-state index in [9.17, 15) is 0 Å². The number of aromatic nitrogens is 2. The third-order valence-corrected chi connectivity index (χ3v) is 2.81. The Morgan fingerprint density at radius 3 is 2.80 bits per heavy atom. The summed E-state index contributed by atoms with van der Waals surface area (Å²) in [5, 5.41) is 1.31. The van der Waals surface area contributed by atoms with Crippen LogP contribution >= 0.6 is 0 Å². The molecule has 0 aliphatic carbocycles. The lowest BCUT2D eigenvalue weighted by atomic mass is 10.1. The molecule has 0 amide bonds. The van der Waals surface area contributed by atoms with Crippen molar-refractivity contribution in [2.75, 3.05) is 0 Å². The average molecular weight is 196 g/mol. The molecular weight excluding hydrogens is 184 g/mol. The summed E-state index contributed by atoms with van der Waals surface area (Å²) < 4.78 is 2.16. The maximum Gasteiger partial charge on any atom is 0.0484 e. The summed E-state index contributed by atoms with van der Waals surface area (Å²) in [6.45, 7) is 0. The van der Waals surface area contributed by atoms with Gasteiger partial charge in [-0.15, -0.1) is 0 Å². The summed E-state index contributed by atoms with van der Waals surface area (Å²) >= 11 is 0. The van der Waals surface area contributed by atoms with Crippen LogP contribution in [0.25, 0.3) is 22.0 Å². The Labute approximate surface area is 88.2 Å². The molecule has 0 saturated heterocycles. The van der Waals surface area contributed by atoms with Crippen molar-refractivity contribution in [3.05, 3.63) is 48.9 Å². The zero-order valence-corrected chi connectivity index (χ0v) is 8.57. The number of fused-ring (bicyclic) bond motifs is 1. The first-order valence-corrected chi connectivity index (χ1v) is 5.03. The molecule has 0 radical (unpaired) electrons. The van der Waals surface area contributed by atoms with E-state index in [2.05, 4.69) is 53.1 Å². The topological polar surface area (TPSA) is 20.7 Å². The van der Waals surface area contributed by atoms with Crippen LogP contribution in [0.1, 0.15) is 0 Å². The van der Waals surface area contributed by atoms with E-state index in [-0.39, 0.29) is 0 Å². The normalized spacial score (nSPS) is 11.0. The molecule has 3 rings (SSSR count). The average Bonchev–Trinajstić information content (AvgIpc) is 2.87. The number of benzene rings is 1. The maximum absolute atomic E-state index is 3.09. The van der Waals surface area contributed by atoms with E-state index in [1.165, 1.54) is 22.0 Å². The number of nitrogens with zero attached hydrogens (tertiary/aromatic N) is 1. The Balaban J connectivity index is 2.37. The molecule has 2 aromatic heterocycles. The van der Waals surface area contributed by atoms with E-state index in [1.807, 2.05) is 12.4 Å². The van der Waals surface area contributed by atoms with Gasteiger partial charge in [-0.05, 0) is 12.1 Å². The van der Waals surface area contributed by atoms with Gasteiger partial charge in [0, 0.05) is 47.7 Å². The van der Waals surface area contributed by atoms with E-state index < -0.39 is 0 Å². The molecule has 0 atom stereocenters. The Morgan fingerprint density at radius 2 is 2.00 bits per heavy atom. The van der Waals surface area contributed by atoms with Gasteiger partial charge < -0.3 is 9.55 Å². The third-order valence-electron chi connectivity index (χ3n) is 2.81. The van der Waals surface area contributed by atoms with Crippen molar-refractivity contribution in [1.82, 2.24) is 9.55 Å². The predicted octanol–water partition coefficient (Wildman–Crippen LogP) is 3.17. The SMILES string of the molecule is Cn1cc(-c2cc[nH]c2)c2ccccc21. The first kappa shape index (κ1) is 8.36. The summed E-state index contributed by atoms with van der Waals surface area (Å²) in [6, 6.07) is 10.6. The summed E-state index contributed by atoms with van der Waals surface area (Å²) in [6.07, 6.45) is 6.16. The van der Waals surface area contributed by atoms with Crippen molar-refractivity contribution in [2.45, 2.75) is 0 Å². The minimum Gasteiger partial charge on any atom is -0.367 e. The fourth-order valence-electron chi connectivity index (χ4n) is 2.06. The summed E-state index contributed by atoms with van der Waals surface area (Å²) in [4.78, 5) is 3.09. The Kier molecular flexibility index (Phi) is 1.68. The summed E-state index contributed by atoms with van der Waals surface area (Å²) in [5.41, 5.74) is 3.80. The second-order valence-corrected chi connectivity index (χ2v) is 3.77. The molecule has 2 heteroatoms. The number of aryl methyl sites for hydroxylation is 1. The molecule has 1 N–H and O–H groups in total. The minimum absolute atomic E-state index is 1.24. The van der Waals surface area contributed by atoms with E-state index in [0.717, 1.165) is 0 Å². The van der Waals surface area contributed by atoms with Gasteiger partial charge in [-0.25, -0.2) is 0 Å². The molecule has 0 unspecified atom stereocenters. The number of hydrogen-bond acceptors (Lipinski definition) is 0. The molecule has 1 aromatic carbocycles. The van der Waals surface area contributed by atoms with Gasteiger partial charge in [0.1, 0.15) is 0 Å². The van der Waals surface area contributed by atoms with Crippen LogP contribution < -0.4 is 0 Å². The second kappa shape index (κ2) is 3.02. The van der Waals surface area contributed by atoms with Crippen LogP contribution in [0, 0.1) is 0 Å². The fourth-order valence-corrected chi connectivity index (χ4v) is 2.06. The molecule has 0 bridgehead atoms. The van der Waals surface area contributed by atoms with Crippen molar-refractivity contribution >= 4 is 10.9 Å². The fraction of sp³-hybridized carbons (Fsp3) is 0.0769. The van der Waals surface area contributed by atoms with Crippen molar-refractivity contribution in [3.63, 3.8) is 0 Å². The van der Waals surface area contributed by atoms with E-state index >= 15 is 0 Å². The number of H-pyrrole nitrogens is 1. The quantitative estimate of drug-likeness (QED) is 0.617. The molecule has 2 heterocycles. The lowest BCUT2D eigenvalue weighted by Gasteiger charge is -1.94. The number of rotatable bonds is 1. The van der Waals surface area contributed by atoms with Gasteiger partial charge in [0.05, 0.1) is 0 Å². The van der Waals surface area contributed by atoms with Crippen LogP contribution in [0.3, 0.4) is 0 Å². The largest absolute Gasteiger partial charge is 0.367 e. The van der Waals surface area contributed by atoms with Gasteiger partial charge in [-0.3, -0.25) is 0 Å². The van der Waals surface area contributed by atoms with Gasteiger partial charge in [-0.1, -0.05) is 18.2 Å². The summed E-state index contributed by atoms with van der Waals surface area (Å²) in [5.74, 6) is 0. The lowest BCUT2D eigenvalue weighted by Crippen LogP contribution is -1.81. The molecule has 0 fully saturated rings. The smallest absolute Gasteiger partial charge is 0.0484 e. The zero-order chi connectivity index (χ0) is 10.3. The summed E-state index contributed by atoms with van der Waals surface area (Å²) in [7, 11) is 2.08. The lowest BCUT2D eigenvalue weighted by molar-refractivity contribution is 0.970. The molecule has 74 valence electrons. The van der Waals surface area contributed by atoms with E-state index in [0.29, 0.717) is 0 Å². The van der Waals surface area contributed by atoms with E-state index in [1.54, 1.807) is 0 Å². The molecule has 0 saturated carbocycles. The molecule has 2 nitrogen and oxygen atoms in total. The predicted molar refractivity (Wildman–Crippen MR) is 62.7 cm³/mol. The molecule has 0 aliphatic rings. The Bertz CT molecular complexity index is 588. The number of hydrogen-bond donors (Lipinski definition) is 1. The van der Waals surface area contributed by atoms with Crippen LogP contribution in [0.15, 0.2) is 48.9 Å². The van der Waals surface area contributed by atoms with Crippen molar-refractivity contribution in [1.29, 1.82) is 0 Å². The number of aromatic amines is 1. The highest BCUT2D eigenvalue weighted by atomic mass is 14.9. The zero-order valence-electron chi connectivity index (χ0n) is 8.57. The van der Waals surface area contributed by atoms with Gasteiger partial charge in [0.25, 0.3) is 0 Å². The van der Waals surface area contributed by atoms with Gasteiger partial charge in [-0.2, -0.15) is 0 Å². The molecule has 3 aromatic rings. The first-order chi connectivity index (χ1) is 7.36. The third kappa shape index (κ3) is 1.18. The first-order valence-electron chi connectivity index (χ1n) is 5.03. The van der Waals surface area contributed by atoms with Crippen molar-refractivity contribution in [2.24, 2.45) is 7.05 Å². The number of nitrogens with one attached hydrogen (secondary N) is 1. The highest BCUT2D eigenvalue weighted by Crippen LogP contribution is 2.29. The monoisotopic (exact) mass is 196 g/mol. The standard InChI is InChI=1S/C13H12N2/c1-15-9-12(10-6-7-14-8-10)11-4-2-3-5-13(11)15/h2-9,14H,1H3. The Morgan fingerprint density at radius 1 is 1.13 bits per heavy atom. The van der Waals surface area contributed by atoms with Crippen LogP contribution in [-0.2, 0) is 7.05 Å². The molecule has 0 aliphatic heterocycles. The second-order valence-electron chi connectivity index (χ2n) is 3.77. The molecule has 15 heavy (non-hydrogen) atoms. The van der Waals surface area contributed by atoms with Crippen LogP contribution in [0.2, 0.25) is 0 Å². The van der Waals surface area contributed by atoms with Gasteiger partial charge in [0.15, 0.2) is 0 Å². The molecule has 0 spiro atoms. The Hall–Kier alpha value is -1.96. The number of para-hydroxylation sites is 1. The van der Waals surface area contributed by atoms with Crippen molar-refractivity contribution < 1.29 is 0 Å². The van der Waals surface area contributed by atoms with Gasteiger partial charge in [0.2, 0.25) is 0 Å². The van der Waals surface area contributed by atoms with E-state index in [4.69, 9.17) is 0 Å². The molecular formula is C13H12N2. The minimum atomic E-state index is 1.24. The van der Waals surface area contributed by atoms with Crippen molar-refractivity contribution in [3.8, 4) is 11.1 Å².